The summed E-state index contributed by atoms with van der Waals surface area (Å²) in [6, 6.07) is 3.43. The second-order valence-corrected chi connectivity index (χ2v) is 5.71. The lowest BCUT2D eigenvalue weighted by atomic mass is 10.3. The molecule has 0 N–H and O–H groups in total. The van der Waals surface area contributed by atoms with Gasteiger partial charge in [-0.3, -0.25) is 0 Å². The predicted molar refractivity (Wildman–Crippen MR) is 52.8 cm³/mol. The maximum Gasteiger partial charge on any atom is 0.536 e. The first-order chi connectivity index (χ1) is 7.09. The molecule has 0 aliphatic carbocycles. The number of hydrogen-bond donors (Lipinski definition) is 0. The Morgan fingerprint density at radius 2 is 1.47 bits per heavy atom. The molecule has 0 heterocycles. The topological polar surface area (TPSA) is 27.7 Å². The Morgan fingerprint density at radius 1 is 0.933 bits per heavy atom. The molecule has 0 spiro atoms. The van der Waals surface area contributed by atoms with E-state index in [4.69, 9.17) is 13.3 Å². The van der Waals surface area contributed by atoms with Gasteiger partial charge in [-0.1, -0.05) is 6.07 Å². The maximum absolute atomic E-state index is 13.0. The fraction of sp³-hybridized carbons (Fsp3) is 0.333. The smallest absolute Gasteiger partial charge is 0.373 e. The summed E-state index contributed by atoms with van der Waals surface area (Å²) in [6.45, 7) is 0. The SMILES string of the molecule is CO[Si](OC)(OC)c1ccc(F)c(F)c1. The molecule has 0 unspecified atom stereocenters. The minimum Gasteiger partial charge on any atom is -0.373 e. The van der Waals surface area contributed by atoms with Gasteiger partial charge in [0.2, 0.25) is 0 Å². The third kappa shape index (κ3) is 2.23. The minimum atomic E-state index is -3.05. The van der Waals surface area contributed by atoms with Gasteiger partial charge in [0, 0.05) is 26.5 Å². The maximum atomic E-state index is 13.0. The van der Waals surface area contributed by atoms with E-state index in [1.165, 1.54) is 27.4 Å². The van der Waals surface area contributed by atoms with E-state index < -0.39 is 20.4 Å². The molecular formula is C9H12F2O3Si. The van der Waals surface area contributed by atoms with E-state index >= 15 is 0 Å². The standard InChI is InChI=1S/C9H12F2O3Si/c1-12-15(13-2,14-3)7-4-5-8(10)9(11)6-7/h4-6H,1-3H3. The molecule has 0 atom stereocenters. The highest BCUT2D eigenvalue weighted by atomic mass is 28.4. The first-order valence-corrected chi connectivity index (χ1v) is 5.93. The van der Waals surface area contributed by atoms with Crippen LogP contribution in [0.15, 0.2) is 18.2 Å². The molecule has 0 aliphatic heterocycles. The molecule has 15 heavy (non-hydrogen) atoms. The number of rotatable bonds is 4. The van der Waals surface area contributed by atoms with E-state index in [9.17, 15) is 8.78 Å². The molecule has 0 amide bonds. The fourth-order valence-corrected chi connectivity index (χ4v) is 3.09. The van der Waals surface area contributed by atoms with Crippen LogP contribution in [-0.2, 0) is 13.3 Å². The molecule has 0 radical (unpaired) electrons. The van der Waals surface area contributed by atoms with Gasteiger partial charge in [-0.25, -0.2) is 8.78 Å². The van der Waals surface area contributed by atoms with Gasteiger partial charge in [0.15, 0.2) is 11.6 Å². The van der Waals surface area contributed by atoms with Crippen molar-refractivity contribution >= 4 is 14.0 Å². The van der Waals surface area contributed by atoms with Crippen LogP contribution in [-0.4, -0.2) is 30.1 Å². The quantitative estimate of drug-likeness (QED) is 0.729. The Labute approximate surface area is 87.9 Å². The van der Waals surface area contributed by atoms with E-state index in [0.717, 1.165) is 12.1 Å². The summed E-state index contributed by atoms with van der Waals surface area (Å²) in [6.07, 6.45) is 0. The summed E-state index contributed by atoms with van der Waals surface area (Å²) in [5, 5.41) is 0.383. The number of halogens is 2. The molecule has 0 saturated heterocycles. The Bertz CT molecular complexity index is 334. The minimum absolute atomic E-state index is 0.383. The molecule has 84 valence electrons. The molecule has 0 aromatic heterocycles. The highest BCUT2D eigenvalue weighted by Crippen LogP contribution is 2.10. The Morgan fingerprint density at radius 3 is 1.87 bits per heavy atom. The zero-order chi connectivity index (χ0) is 11.5. The molecule has 3 nitrogen and oxygen atoms in total. The van der Waals surface area contributed by atoms with E-state index in [1.807, 2.05) is 0 Å². The summed E-state index contributed by atoms with van der Waals surface area (Å²) < 4.78 is 41.1. The average Bonchev–Trinajstić information content (AvgIpc) is 2.26. The van der Waals surface area contributed by atoms with Crippen molar-refractivity contribution in [3.05, 3.63) is 29.8 Å². The van der Waals surface area contributed by atoms with Crippen molar-refractivity contribution in [2.75, 3.05) is 21.3 Å². The van der Waals surface area contributed by atoms with Crippen molar-refractivity contribution in [3.63, 3.8) is 0 Å². The van der Waals surface area contributed by atoms with Crippen LogP contribution in [0.2, 0.25) is 0 Å². The van der Waals surface area contributed by atoms with Crippen LogP contribution in [0.4, 0.5) is 8.78 Å². The lowest BCUT2D eigenvalue weighted by Crippen LogP contribution is -2.54. The van der Waals surface area contributed by atoms with Crippen LogP contribution in [0.25, 0.3) is 0 Å². The first kappa shape index (κ1) is 12.2. The van der Waals surface area contributed by atoms with E-state index in [1.54, 1.807) is 0 Å². The van der Waals surface area contributed by atoms with Gasteiger partial charge in [-0.15, -0.1) is 0 Å². The molecule has 0 saturated carbocycles. The van der Waals surface area contributed by atoms with Crippen LogP contribution in [0.1, 0.15) is 0 Å². The monoisotopic (exact) mass is 234 g/mol. The highest BCUT2D eigenvalue weighted by molar-refractivity contribution is 6.75. The van der Waals surface area contributed by atoms with Crippen LogP contribution in [0, 0.1) is 11.6 Å². The van der Waals surface area contributed by atoms with Crippen LogP contribution >= 0.6 is 0 Å². The molecular weight excluding hydrogens is 222 g/mol. The molecule has 0 aliphatic rings. The van der Waals surface area contributed by atoms with Gasteiger partial charge in [0.1, 0.15) is 0 Å². The molecule has 0 bridgehead atoms. The van der Waals surface area contributed by atoms with Gasteiger partial charge in [0.25, 0.3) is 0 Å². The van der Waals surface area contributed by atoms with Crippen LogP contribution in [0.3, 0.4) is 0 Å². The van der Waals surface area contributed by atoms with Gasteiger partial charge in [-0.05, 0) is 12.1 Å². The lowest BCUT2D eigenvalue weighted by molar-refractivity contribution is 0.140. The number of hydrogen-bond acceptors (Lipinski definition) is 3. The van der Waals surface area contributed by atoms with Crippen molar-refractivity contribution in [2.24, 2.45) is 0 Å². The van der Waals surface area contributed by atoms with Crippen molar-refractivity contribution in [2.45, 2.75) is 0 Å². The summed E-state index contributed by atoms with van der Waals surface area (Å²) in [5.74, 6) is -1.86. The third-order valence-electron chi connectivity index (χ3n) is 2.08. The third-order valence-corrected chi connectivity index (χ3v) is 4.71. The van der Waals surface area contributed by atoms with E-state index in [0.29, 0.717) is 5.19 Å². The highest BCUT2D eigenvalue weighted by Gasteiger charge is 2.41. The lowest BCUT2D eigenvalue weighted by Gasteiger charge is -2.24. The summed E-state index contributed by atoms with van der Waals surface area (Å²) in [7, 11) is 1.16. The Balaban J connectivity index is 3.17. The van der Waals surface area contributed by atoms with E-state index in [-0.39, 0.29) is 0 Å². The molecule has 0 fully saturated rings. The first-order valence-electron chi connectivity index (χ1n) is 4.20. The van der Waals surface area contributed by atoms with Gasteiger partial charge >= 0.3 is 8.80 Å². The van der Waals surface area contributed by atoms with Crippen molar-refractivity contribution in [1.29, 1.82) is 0 Å². The van der Waals surface area contributed by atoms with Gasteiger partial charge in [-0.2, -0.15) is 0 Å². The zero-order valence-electron chi connectivity index (χ0n) is 8.71. The van der Waals surface area contributed by atoms with E-state index in [2.05, 4.69) is 0 Å². The van der Waals surface area contributed by atoms with Crippen molar-refractivity contribution in [1.82, 2.24) is 0 Å². The van der Waals surface area contributed by atoms with Crippen molar-refractivity contribution < 1.29 is 22.1 Å². The van der Waals surface area contributed by atoms with Crippen LogP contribution < -0.4 is 5.19 Å². The Kier molecular flexibility index (Phi) is 3.92. The number of benzene rings is 1. The molecule has 1 rings (SSSR count). The second-order valence-electron chi connectivity index (χ2n) is 2.80. The van der Waals surface area contributed by atoms with Crippen LogP contribution in [0.5, 0.6) is 0 Å². The summed E-state index contributed by atoms with van der Waals surface area (Å²) in [4.78, 5) is 0. The van der Waals surface area contributed by atoms with Crippen molar-refractivity contribution in [3.8, 4) is 0 Å². The average molecular weight is 234 g/mol. The predicted octanol–water partition coefficient (Wildman–Crippen LogP) is 1.05. The zero-order valence-corrected chi connectivity index (χ0v) is 9.71. The summed E-state index contributed by atoms with van der Waals surface area (Å²) in [5.41, 5.74) is 0. The normalized spacial score (nSPS) is 11.8. The largest absolute Gasteiger partial charge is 0.536 e. The second kappa shape index (κ2) is 4.80. The Hall–Kier alpha value is -0.823. The molecule has 1 aromatic rings. The fourth-order valence-electron chi connectivity index (χ4n) is 1.29. The van der Waals surface area contributed by atoms with Gasteiger partial charge in [0.05, 0.1) is 0 Å². The molecule has 6 heteroatoms. The molecule has 1 aromatic carbocycles. The summed E-state index contributed by atoms with van der Waals surface area (Å²) >= 11 is 0. The van der Waals surface area contributed by atoms with Gasteiger partial charge < -0.3 is 13.3 Å².